The minimum atomic E-state index is -4.70. The zero-order chi connectivity index (χ0) is 16.5. The average Bonchev–Trinajstić information content (AvgIpc) is 2.42. The van der Waals surface area contributed by atoms with Gasteiger partial charge in [0, 0.05) is 6.07 Å². The summed E-state index contributed by atoms with van der Waals surface area (Å²) in [5.41, 5.74) is -2.00. The predicted octanol–water partition coefficient (Wildman–Crippen LogP) is 5.71. The number of nitro groups is 1. The van der Waals surface area contributed by atoms with Crippen molar-refractivity contribution in [3.8, 4) is 11.5 Å². The Morgan fingerprint density at radius 3 is 2.18 bits per heavy atom. The molecule has 0 N–H and O–H groups in total. The monoisotopic (exact) mass is 351 g/mol. The predicted molar refractivity (Wildman–Crippen MR) is 74.6 cm³/mol. The van der Waals surface area contributed by atoms with E-state index in [0.29, 0.717) is 12.1 Å². The molecule has 0 fully saturated rings. The summed E-state index contributed by atoms with van der Waals surface area (Å²) in [6.45, 7) is 0. The van der Waals surface area contributed by atoms with Crippen molar-refractivity contribution < 1.29 is 22.8 Å². The Kier molecular flexibility index (Phi) is 4.48. The number of alkyl halides is 3. The first-order valence-electron chi connectivity index (χ1n) is 5.67. The van der Waals surface area contributed by atoms with Gasteiger partial charge in [0.05, 0.1) is 20.5 Å². The molecule has 0 aliphatic rings. The Balaban J connectivity index is 2.50. The number of para-hydroxylation sites is 1. The Hall–Kier alpha value is -1.99. The number of hydrogen-bond acceptors (Lipinski definition) is 3. The molecule has 22 heavy (non-hydrogen) atoms. The minimum absolute atomic E-state index is 0.0710. The molecular formula is C13H6Cl2F3NO3. The van der Waals surface area contributed by atoms with Crippen LogP contribution in [-0.4, -0.2) is 4.92 Å². The number of benzene rings is 2. The molecule has 2 rings (SSSR count). The van der Waals surface area contributed by atoms with Crippen molar-refractivity contribution in [1.29, 1.82) is 0 Å². The van der Waals surface area contributed by atoms with Gasteiger partial charge in [0.1, 0.15) is 0 Å². The molecule has 0 aliphatic heterocycles. The fourth-order valence-corrected chi connectivity index (χ4v) is 2.09. The number of nitrogens with zero attached hydrogens (tertiary/aromatic N) is 1. The van der Waals surface area contributed by atoms with Crippen LogP contribution in [0.5, 0.6) is 11.5 Å². The largest absolute Gasteiger partial charge is 0.447 e. The molecule has 0 saturated carbocycles. The Morgan fingerprint density at radius 1 is 1.09 bits per heavy atom. The van der Waals surface area contributed by atoms with Crippen LogP contribution in [0.4, 0.5) is 18.9 Å². The van der Waals surface area contributed by atoms with E-state index in [0.717, 1.165) is 6.07 Å². The van der Waals surface area contributed by atoms with E-state index in [1.807, 2.05) is 0 Å². The Bertz CT molecular complexity index is 715. The lowest BCUT2D eigenvalue weighted by atomic mass is 10.2. The number of halogens is 5. The second-order valence-electron chi connectivity index (χ2n) is 4.09. The summed E-state index contributed by atoms with van der Waals surface area (Å²) < 4.78 is 43.1. The van der Waals surface area contributed by atoms with E-state index in [-0.39, 0.29) is 15.8 Å². The van der Waals surface area contributed by atoms with E-state index in [1.54, 1.807) is 0 Å². The van der Waals surface area contributed by atoms with Gasteiger partial charge in [0.25, 0.3) is 0 Å². The zero-order valence-corrected chi connectivity index (χ0v) is 12.0. The third kappa shape index (κ3) is 3.42. The maximum atomic E-state index is 12.6. The van der Waals surface area contributed by atoms with Gasteiger partial charge >= 0.3 is 11.9 Å². The third-order valence-corrected chi connectivity index (χ3v) is 3.21. The number of hydrogen-bond donors (Lipinski definition) is 0. The lowest BCUT2D eigenvalue weighted by molar-refractivity contribution is -0.385. The molecule has 0 aromatic heterocycles. The van der Waals surface area contributed by atoms with E-state index in [9.17, 15) is 23.3 Å². The lowest BCUT2D eigenvalue weighted by Crippen LogP contribution is -2.06. The second-order valence-corrected chi connectivity index (χ2v) is 4.90. The van der Waals surface area contributed by atoms with Gasteiger partial charge in [-0.15, -0.1) is 0 Å². The highest BCUT2D eigenvalue weighted by Gasteiger charge is 2.33. The van der Waals surface area contributed by atoms with Crippen LogP contribution in [-0.2, 0) is 6.18 Å². The van der Waals surface area contributed by atoms with E-state index < -0.39 is 28.1 Å². The molecule has 0 heterocycles. The smallest absolute Gasteiger partial charge is 0.416 e. The number of ether oxygens (including phenoxy) is 1. The van der Waals surface area contributed by atoms with Crippen LogP contribution < -0.4 is 4.74 Å². The molecule has 0 amide bonds. The van der Waals surface area contributed by atoms with Crippen molar-refractivity contribution >= 4 is 28.9 Å². The fourth-order valence-electron chi connectivity index (χ4n) is 1.61. The first kappa shape index (κ1) is 16.4. The van der Waals surface area contributed by atoms with Crippen LogP contribution >= 0.6 is 23.2 Å². The van der Waals surface area contributed by atoms with E-state index in [1.165, 1.54) is 18.2 Å². The molecule has 0 bridgehead atoms. The van der Waals surface area contributed by atoms with E-state index in [4.69, 9.17) is 27.9 Å². The summed E-state index contributed by atoms with van der Waals surface area (Å²) >= 11 is 11.7. The van der Waals surface area contributed by atoms with Crippen LogP contribution in [0.15, 0.2) is 36.4 Å². The van der Waals surface area contributed by atoms with E-state index in [2.05, 4.69) is 0 Å². The van der Waals surface area contributed by atoms with Gasteiger partial charge in [-0.2, -0.15) is 13.2 Å². The first-order valence-corrected chi connectivity index (χ1v) is 6.43. The molecule has 2 aromatic carbocycles. The van der Waals surface area contributed by atoms with Crippen molar-refractivity contribution in [1.82, 2.24) is 0 Å². The van der Waals surface area contributed by atoms with Crippen molar-refractivity contribution in [2.45, 2.75) is 6.18 Å². The molecule has 116 valence electrons. The highest BCUT2D eigenvalue weighted by molar-refractivity contribution is 6.37. The minimum Gasteiger partial charge on any atom is -0.447 e. The van der Waals surface area contributed by atoms with Gasteiger partial charge in [-0.05, 0) is 24.3 Å². The molecular weight excluding hydrogens is 346 g/mol. The summed E-state index contributed by atoms with van der Waals surface area (Å²) in [6.07, 6.45) is -4.70. The normalized spacial score (nSPS) is 11.3. The lowest BCUT2D eigenvalue weighted by Gasteiger charge is -2.11. The quantitative estimate of drug-likeness (QED) is 0.525. The van der Waals surface area contributed by atoms with Crippen LogP contribution in [0, 0.1) is 10.1 Å². The Morgan fingerprint density at radius 2 is 1.68 bits per heavy atom. The zero-order valence-electron chi connectivity index (χ0n) is 10.5. The number of nitro benzene ring substituents is 1. The standard InChI is InChI=1S/C13H6Cl2F3NO3/c14-8-2-1-3-9(15)12(8)22-11-5-4-7(13(16,17)18)6-10(11)19(20)21/h1-6H. The van der Waals surface area contributed by atoms with Gasteiger partial charge in [-0.1, -0.05) is 29.3 Å². The van der Waals surface area contributed by atoms with Crippen LogP contribution in [0.3, 0.4) is 0 Å². The summed E-state index contributed by atoms with van der Waals surface area (Å²) in [5.74, 6) is -0.471. The van der Waals surface area contributed by atoms with E-state index >= 15 is 0 Å². The Labute approximate surface area is 132 Å². The highest BCUT2D eigenvalue weighted by Crippen LogP contribution is 2.41. The molecule has 0 aliphatic carbocycles. The summed E-state index contributed by atoms with van der Waals surface area (Å²) in [7, 11) is 0. The molecule has 4 nitrogen and oxygen atoms in total. The van der Waals surface area contributed by atoms with Crippen molar-refractivity contribution in [3.05, 3.63) is 62.1 Å². The summed E-state index contributed by atoms with van der Waals surface area (Å²) in [4.78, 5) is 9.98. The second kappa shape index (κ2) is 6.02. The van der Waals surface area contributed by atoms with Crippen molar-refractivity contribution in [2.75, 3.05) is 0 Å². The van der Waals surface area contributed by atoms with Gasteiger partial charge in [0.15, 0.2) is 5.75 Å². The summed E-state index contributed by atoms with van der Waals surface area (Å²) in [6, 6.07) is 6.30. The summed E-state index contributed by atoms with van der Waals surface area (Å²) in [5, 5.41) is 11.1. The SMILES string of the molecule is O=[N+]([O-])c1cc(C(F)(F)F)ccc1Oc1c(Cl)cccc1Cl. The maximum absolute atomic E-state index is 12.6. The topological polar surface area (TPSA) is 52.4 Å². The number of rotatable bonds is 3. The highest BCUT2D eigenvalue weighted by atomic mass is 35.5. The molecule has 0 unspecified atom stereocenters. The average molecular weight is 352 g/mol. The van der Waals surface area contributed by atoms with Crippen LogP contribution in [0.2, 0.25) is 10.0 Å². The van der Waals surface area contributed by atoms with Crippen molar-refractivity contribution in [3.63, 3.8) is 0 Å². The third-order valence-electron chi connectivity index (χ3n) is 2.61. The van der Waals surface area contributed by atoms with Gasteiger partial charge in [-0.3, -0.25) is 10.1 Å². The molecule has 0 radical (unpaired) electrons. The molecule has 9 heteroatoms. The molecule has 2 aromatic rings. The molecule has 0 saturated heterocycles. The van der Waals surface area contributed by atoms with Crippen LogP contribution in [0.25, 0.3) is 0 Å². The first-order chi connectivity index (χ1) is 10.2. The molecule has 0 spiro atoms. The van der Waals surface area contributed by atoms with Crippen LogP contribution in [0.1, 0.15) is 5.56 Å². The van der Waals surface area contributed by atoms with Gasteiger partial charge in [0.2, 0.25) is 5.75 Å². The molecule has 0 atom stereocenters. The van der Waals surface area contributed by atoms with Gasteiger partial charge < -0.3 is 4.74 Å². The fraction of sp³-hybridized carbons (Fsp3) is 0.0769. The van der Waals surface area contributed by atoms with Crippen molar-refractivity contribution in [2.24, 2.45) is 0 Å². The maximum Gasteiger partial charge on any atom is 0.416 e. The van der Waals surface area contributed by atoms with Gasteiger partial charge in [-0.25, -0.2) is 0 Å².